The zero-order valence-electron chi connectivity index (χ0n) is 13.3. The van der Waals surface area contributed by atoms with Crippen LogP contribution in [0.4, 0.5) is 0 Å². The maximum atomic E-state index is 11.7. The summed E-state index contributed by atoms with van der Waals surface area (Å²) in [5, 5.41) is 6.11. The number of nitrogens with one attached hydrogen (secondary N) is 2. The van der Waals surface area contributed by atoms with Gasteiger partial charge in [0.25, 0.3) is 5.91 Å². The van der Waals surface area contributed by atoms with Crippen LogP contribution in [0.25, 0.3) is 0 Å². The first kappa shape index (κ1) is 17.5. The summed E-state index contributed by atoms with van der Waals surface area (Å²) in [7, 11) is 1.26. The SMILES string of the molecule is CCCCCN1CN=C(N=C2NC(=O)/C(=C\C(=O)OC)S2)NC1. The molecule has 1 fully saturated rings. The van der Waals surface area contributed by atoms with Gasteiger partial charge in [-0.05, 0) is 18.2 Å². The van der Waals surface area contributed by atoms with Crippen LogP contribution in [0, 0.1) is 0 Å². The molecule has 2 N–H and O–H groups in total. The number of hydrogen-bond acceptors (Lipinski definition) is 8. The third-order valence-electron chi connectivity index (χ3n) is 3.27. The Hall–Kier alpha value is -1.87. The van der Waals surface area contributed by atoms with E-state index in [0.29, 0.717) is 24.5 Å². The van der Waals surface area contributed by atoms with Gasteiger partial charge in [-0.25, -0.2) is 9.79 Å². The molecule has 0 aliphatic carbocycles. The second-order valence-corrected chi connectivity index (χ2v) is 6.10. The molecule has 2 aliphatic heterocycles. The number of unbranched alkanes of at least 4 members (excludes halogenated alkanes) is 2. The molecule has 8 nitrogen and oxygen atoms in total. The number of amides is 1. The molecule has 1 saturated heterocycles. The lowest BCUT2D eigenvalue weighted by atomic mass is 10.2. The van der Waals surface area contributed by atoms with E-state index in [1.807, 2.05) is 0 Å². The zero-order chi connectivity index (χ0) is 16.7. The molecule has 2 heterocycles. The Labute approximate surface area is 139 Å². The Balaban J connectivity index is 1.90. The molecule has 0 aromatic rings. The fraction of sp³-hybridized carbons (Fsp3) is 0.571. The number of methoxy groups -OCH3 is 1. The van der Waals surface area contributed by atoms with Gasteiger partial charge in [0.15, 0.2) is 5.17 Å². The van der Waals surface area contributed by atoms with Crippen LogP contribution >= 0.6 is 11.8 Å². The molecule has 0 aromatic heterocycles. The summed E-state index contributed by atoms with van der Waals surface area (Å²) in [5.74, 6) is -0.449. The standard InChI is InChI=1S/C14H21N5O3S/c1-3-4-5-6-19-8-15-13(16-9-19)18-14-17-12(21)10(23-14)7-11(20)22-2/h7H,3-6,8-9H2,1-2H3,(H2,15,16,17,18,21)/b10-7+. The average Bonchev–Trinajstić information content (AvgIpc) is 2.88. The van der Waals surface area contributed by atoms with E-state index < -0.39 is 5.97 Å². The number of amidine groups is 1. The van der Waals surface area contributed by atoms with Gasteiger partial charge in [-0.15, -0.1) is 0 Å². The Morgan fingerprint density at radius 3 is 3.00 bits per heavy atom. The second-order valence-electron chi connectivity index (χ2n) is 5.06. The van der Waals surface area contributed by atoms with E-state index in [-0.39, 0.29) is 10.8 Å². The summed E-state index contributed by atoms with van der Waals surface area (Å²) < 4.78 is 4.51. The van der Waals surface area contributed by atoms with Crippen molar-refractivity contribution in [2.45, 2.75) is 26.2 Å². The first-order valence-corrected chi connectivity index (χ1v) is 8.32. The van der Waals surface area contributed by atoms with Crippen molar-refractivity contribution in [3.8, 4) is 0 Å². The summed E-state index contributed by atoms with van der Waals surface area (Å²) in [6.07, 6.45) is 4.72. The van der Waals surface area contributed by atoms with Gasteiger partial charge in [0.1, 0.15) is 0 Å². The highest BCUT2D eigenvalue weighted by molar-refractivity contribution is 8.18. The maximum Gasteiger partial charge on any atom is 0.331 e. The van der Waals surface area contributed by atoms with Crippen LogP contribution in [0.15, 0.2) is 21.0 Å². The Morgan fingerprint density at radius 2 is 2.35 bits per heavy atom. The monoisotopic (exact) mass is 339 g/mol. The molecule has 9 heteroatoms. The largest absolute Gasteiger partial charge is 0.466 e. The van der Waals surface area contributed by atoms with Crippen molar-refractivity contribution >= 4 is 34.8 Å². The topological polar surface area (TPSA) is 95.4 Å². The van der Waals surface area contributed by atoms with Gasteiger partial charge < -0.3 is 15.4 Å². The first-order valence-electron chi connectivity index (χ1n) is 7.50. The van der Waals surface area contributed by atoms with E-state index in [9.17, 15) is 9.59 Å². The molecule has 0 spiro atoms. The van der Waals surface area contributed by atoms with Crippen molar-refractivity contribution < 1.29 is 14.3 Å². The van der Waals surface area contributed by atoms with Crippen LogP contribution < -0.4 is 10.6 Å². The number of esters is 1. The number of aliphatic imine (C=N–C) groups is 2. The number of ether oxygens (including phenoxy) is 1. The van der Waals surface area contributed by atoms with E-state index in [4.69, 9.17) is 0 Å². The lowest BCUT2D eigenvalue weighted by Crippen LogP contribution is -2.43. The van der Waals surface area contributed by atoms with Crippen molar-refractivity contribution in [3.05, 3.63) is 11.0 Å². The van der Waals surface area contributed by atoms with E-state index in [1.54, 1.807) is 0 Å². The van der Waals surface area contributed by atoms with Gasteiger partial charge in [0.05, 0.1) is 25.4 Å². The van der Waals surface area contributed by atoms with Crippen LogP contribution in [0.1, 0.15) is 26.2 Å². The molecule has 2 rings (SSSR count). The molecular weight excluding hydrogens is 318 g/mol. The number of hydrogen-bond donors (Lipinski definition) is 2. The van der Waals surface area contributed by atoms with Crippen LogP contribution in [0.3, 0.4) is 0 Å². The normalized spacial score (nSPS) is 22.0. The summed E-state index contributed by atoms with van der Waals surface area (Å²) in [5.41, 5.74) is 0. The van der Waals surface area contributed by atoms with Crippen molar-refractivity contribution in [3.63, 3.8) is 0 Å². The molecule has 126 valence electrons. The minimum Gasteiger partial charge on any atom is -0.466 e. The minimum atomic E-state index is -0.570. The highest BCUT2D eigenvalue weighted by Crippen LogP contribution is 2.23. The van der Waals surface area contributed by atoms with Gasteiger partial charge in [-0.2, -0.15) is 4.99 Å². The molecule has 23 heavy (non-hydrogen) atoms. The molecule has 0 atom stereocenters. The van der Waals surface area contributed by atoms with Crippen LogP contribution in [-0.4, -0.2) is 54.9 Å². The number of thioether (sulfide) groups is 1. The lowest BCUT2D eigenvalue weighted by Gasteiger charge is -2.25. The minimum absolute atomic E-state index is 0.258. The van der Waals surface area contributed by atoms with Gasteiger partial charge in [-0.3, -0.25) is 9.69 Å². The maximum absolute atomic E-state index is 11.7. The number of carbonyl (C=O) groups is 2. The Bertz CT molecular complexity index is 559. The van der Waals surface area contributed by atoms with Crippen LogP contribution in [-0.2, 0) is 14.3 Å². The molecule has 0 bridgehead atoms. The smallest absolute Gasteiger partial charge is 0.331 e. The molecular formula is C14H21N5O3S. The summed E-state index contributed by atoms with van der Waals surface area (Å²) in [6, 6.07) is 0. The lowest BCUT2D eigenvalue weighted by molar-refractivity contribution is -0.135. The third kappa shape index (κ3) is 5.36. The van der Waals surface area contributed by atoms with Crippen molar-refractivity contribution in [1.29, 1.82) is 0 Å². The molecule has 2 aliphatic rings. The number of nitrogens with zero attached hydrogens (tertiary/aromatic N) is 3. The highest BCUT2D eigenvalue weighted by Gasteiger charge is 2.25. The quantitative estimate of drug-likeness (QED) is 0.433. The number of carbonyl (C=O) groups excluding carboxylic acids is 2. The predicted octanol–water partition coefficient (Wildman–Crippen LogP) is 0.629. The van der Waals surface area contributed by atoms with Crippen LogP contribution in [0.2, 0.25) is 0 Å². The summed E-state index contributed by atoms with van der Waals surface area (Å²) >= 11 is 1.09. The fourth-order valence-corrected chi connectivity index (χ4v) is 2.79. The van der Waals surface area contributed by atoms with Gasteiger partial charge >= 0.3 is 5.97 Å². The zero-order valence-corrected chi connectivity index (χ0v) is 14.1. The van der Waals surface area contributed by atoms with E-state index >= 15 is 0 Å². The average molecular weight is 339 g/mol. The van der Waals surface area contributed by atoms with Gasteiger partial charge in [0.2, 0.25) is 5.96 Å². The second kappa shape index (κ2) is 8.68. The Kier molecular flexibility index (Phi) is 6.60. The van der Waals surface area contributed by atoms with E-state index in [1.165, 1.54) is 20.0 Å². The van der Waals surface area contributed by atoms with Crippen molar-refractivity contribution in [2.75, 3.05) is 27.0 Å². The van der Waals surface area contributed by atoms with Crippen molar-refractivity contribution in [1.82, 2.24) is 15.5 Å². The molecule has 1 amide bonds. The van der Waals surface area contributed by atoms with Gasteiger partial charge in [-0.1, -0.05) is 19.8 Å². The highest BCUT2D eigenvalue weighted by atomic mass is 32.2. The summed E-state index contributed by atoms with van der Waals surface area (Å²) in [6.45, 7) is 4.46. The molecule has 0 unspecified atom stereocenters. The summed E-state index contributed by atoms with van der Waals surface area (Å²) in [4.78, 5) is 34.0. The van der Waals surface area contributed by atoms with E-state index in [2.05, 4.69) is 37.2 Å². The molecule has 0 radical (unpaired) electrons. The third-order valence-corrected chi connectivity index (χ3v) is 4.18. The first-order chi connectivity index (χ1) is 11.1. The number of guanidine groups is 1. The molecule has 0 aromatic carbocycles. The Morgan fingerprint density at radius 1 is 1.52 bits per heavy atom. The van der Waals surface area contributed by atoms with Crippen molar-refractivity contribution in [2.24, 2.45) is 9.98 Å². The molecule has 0 saturated carbocycles. The predicted molar refractivity (Wildman–Crippen MR) is 89.8 cm³/mol. The van der Waals surface area contributed by atoms with Crippen LogP contribution in [0.5, 0.6) is 0 Å². The fourth-order valence-electron chi connectivity index (χ4n) is 2.01. The number of rotatable bonds is 5. The van der Waals surface area contributed by atoms with E-state index in [0.717, 1.165) is 30.8 Å². The van der Waals surface area contributed by atoms with Gasteiger partial charge in [0, 0.05) is 12.6 Å².